The maximum Gasteiger partial charge on any atom is 0.228 e. The number of ketones is 1. The molecule has 0 unspecified atom stereocenters. The monoisotopic (exact) mass is 377 g/mol. The van der Waals surface area contributed by atoms with Crippen LogP contribution in [0.5, 0.6) is 5.88 Å². The molecule has 0 atom stereocenters. The minimum absolute atomic E-state index is 0.228. The molecule has 0 N–H and O–H groups in total. The number of methoxy groups -OCH3 is 1. The first-order valence-electron chi connectivity index (χ1n) is 8.45. The molecule has 0 spiro atoms. The Morgan fingerprint density at radius 3 is 2.65 bits per heavy atom. The summed E-state index contributed by atoms with van der Waals surface area (Å²) in [7, 11) is 4.03. The molecule has 0 fully saturated rings. The Morgan fingerprint density at radius 1 is 1.31 bits per heavy atom. The van der Waals surface area contributed by atoms with Crippen molar-refractivity contribution in [1.29, 1.82) is 0 Å². The topological polar surface area (TPSA) is 82.4 Å². The van der Waals surface area contributed by atoms with E-state index < -0.39 is 8.07 Å². The van der Waals surface area contributed by atoms with Crippen LogP contribution >= 0.6 is 0 Å². The first kappa shape index (κ1) is 20.1. The molecule has 0 aliphatic rings. The number of carbonyl (C=O) groups excluding carboxylic acids is 1. The third kappa shape index (κ3) is 5.12. The van der Waals surface area contributed by atoms with E-state index in [-0.39, 0.29) is 18.2 Å². The van der Waals surface area contributed by atoms with Crippen molar-refractivity contribution in [3.05, 3.63) is 24.3 Å². The minimum Gasteiger partial charge on any atom is -0.480 e. The van der Waals surface area contributed by atoms with Crippen LogP contribution in [0.4, 0.5) is 0 Å². The lowest BCUT2D eigenvalue weighted by molar-refractivity contribution is 0.0806. The average molecular weight is 378 g/mol. The van der Waals surface area contributed by atoms with Crippen LogP contribution in [0, 0.1) is 0 Å². The molecule has 0 aliphatic heterocycles. The third-order valence-corrected chi connectivity index (χ3v) is 5.36. The van der Waals surface area contributed by atoms with Crippen molar-refractivity contribution >= 4 is 24.9 Å². The predicted octanol–water partition coefficient (Wildman–Crippen LogP) is 2.41. The normalized spacial score (nSPS) is 12.1. The van der Waals surface area contributed by atoms with Gasteiger partial charge in [0.1, 0.15) is 24.1 Å². The number of nitrogens with zero attached hydrogens (tertiary/aromatic N) is 5. The summed E-state index contributed by atoms with van der Waals surface area (Å²) < 4.78 is 12.6. The van der Waals surface area contributed by atoms with E-state index in [1.807, 2.05) is 14.1 Å². The molecule has 0 amide bonds. The second kappa shape index (κ2) is 8.41. The van der Waals surface area contributed by atoms with Gasteiger partial charge in [0.05, 0.1) is 7.11 Å². The molecular formula is C17H27N5O3Si. The zero-order valence-electron chi connectivity index (χ0n) is 16.3. The molecule has 2 aromatic rings. The van der Waals surface area contributed by atoms with Gasteiger partial charge < -0.3 is 14.4 Å². The molecule has 8 nitrogen and oxygen atoms in total. The van der Waals surface area contributed by atoms with Gasteiger partial charge in [0.15, 0.2) is 5.65 Å². The maximum atomic E-state index is 12.6. The Bertz CT molecular complexity index is 796. The Balaban J connectivity index is 2.32. The van der Waals surface area contributed by atoms with Crippen LogP contribution < -0.4 is 4.74 Å². The van der Waals surface area contributed by atoms with Gasteiger partial charge in [-0.3, -0.25) is 4.79 Å². The van der Waals surface area contributed by atoms with Crippen molar-refractivity contribution < 1.29 is 14.3 Å². The maximum absolute atomic E-state index is 12.6. The summed E-state index contributed by atoms with van der Waals surface area (Å²) in [6, 6.07) is 1.06. The molecule has 9 heteroatoms. The van der Waals surface area contributed by atoms with Crippen LogP contribution in [-0.4, -0.2) is 66.3 Å². The van der Waals surface area contributed by atoms with Gasteiger partial charge in [-0.2, -0.15) is 5.10 Å². The summed E-state index contributed by atoms with van der Waals surface area (Å²) in [6.45, 7) is 7.78. The molecule has 0 saturated carbocycles. The van der Waals surface area contributed by atoms with Crippen LogP contribution in [0.25, 0.3) is 11.0 Å². The lowest BCUT2D eigenvalue weighted by Crippen LogP contribution is -2.22. The van der Waals surface area contributed by atoms with E-state index in [1.54, 1.807) is 15.8 Å². The standard InChI is InChI=1S/C17H27N5O3Si/c1-21(2)8-7-13(23)15-14-16(18-11-19-17(14)24-3)22(20-15)12-25-9-10-26(4,5)6/h7-8,11H,9-10,12H2,1-6H3. The molecule has 0 bridgehead atoms. The molecule has 2 heterocycles. The number of hydrogen-bond donors (Lipinski definition) is 0. The fourth-order valence-corrected chi connectivity index (χ4v) is 2.98. The summed E-state index contributed by atoms with van der Waals surface area (Å²) in [4.78, 5) is 22.7. The second-order valence-corrected chi connectivity index (χ2v) is 13.0. The SMILES string of the molecule is COc1ncnc2c1c(C(=O)C=CN(C)C)nn2COCC[Si](C)(C)C. The quantitative estimate of drug-likeness (QED) is 0.287. The Hall–Kier alpha value is -2.26. The summed E-state index contributed by atoms with van der Waals surface area (Å²) in [5, 5.41) is 4.91. The Morgan fingerprint density at radius 2 is 2.04 bits per heavy atom. The highest BCUT2D eigenvalue weighted by Gasteiger charge is 2.21. The van der Waals surface area contributed by atoms with Gasteiger partial charge in [0.25, 0.3) is 0 Å². The van der Waals surface area contributed by atoms with Crippen molar-refractivity contribution in [2.24, 2.45) is 0 Å². The zero-order chi connectivity index (χ0) is 19.3. The van der Waals surface area contributed by atoms with Crippen LogP contribution in [-0.2, 0) is 11.5 Å². The van der Waals surface area contributed by atoms with Crippen LogP contribution in [0.2, 0.25) is 25.7 Å². The molecule has 142 valence electrons. The van der Waals surface area contributed by atoms with Crippen molar-refractivity contribution in [2.45, 2.75) is 32.4 Å². The van der Waals surface area contributed by atoms with Crippen molar-refractivity contribution in [1.82, 2.24) is 24.6 Å². The van der Waals surface area contributed by atoms with E-state index in [4.69, 9.17) is 9.47 Å². The number of rotatable bonds is 9. The molecule has 0 aromatic carbocycles. The fourth-order valence-electron chi connectivity index (χ4n) is 2.22. The summed E-state index contributed by atoms with van der Waals surface area (Å²) in [5.74, 6) is 0.0857. The average Bonchev–Trinajstić information content (AvgIpc) is 2.94. The highest BCUT2D eigenvalue weighted by molar-refractivity contribution is 6.76. The molecular weight excluding hydrogens is 350 g/mol. The van der Waals surface area contributed by atoms with E-state index in [2.05, 4.69) is 34.7 Å². The number of ether oxygens (including phenoxy) is 2. The molecule has 2 aromatic heterocycles. The fraction of sp³-hybridized carbons (Fsp3) is 0.529. The largest absolute Gasteiger partial charge is 0.480 e. The summed E-state index contributed by atoms with van der Waals surface area (Å²) >= 11 is 0. The molecule has 26 heavy (non-hydrogen) atoms. The highest BCUT2D eigenvalue weighted by Crippen LogP contribution is 2.25. The van der Waals surface area contributed by atoms with Gasteiger partial charge in [-0.15, -0.1) is 0 Å². The Kier molecular flexibility index (Phi) is 6.49. The van der Waals surface area contributed by atoms with Gasteiger partial charge in [-0.05, 0) is 6.04 Å². The number of hydrogen-bond acceptors (Lipinski definition) is 7. The lowest BCUT2D eigenvalue weighted by Gasteiger charge is -2.15. The zero-order valence-corrected chi connectivity index (χ0v) is 17.3. The van der Waals surface area contributed by atoms with Crippen LogP contribution in [0.1, 0.15) is 10.5 Å². The molecule has 0 saturated heterocycles. The summed E-state index contributed by atoms with van der Waals surface area (Å²) in [5.41, 5.74) is 0.774. The van der Waals surface area contributed by atoms with Crippen LogP contribution in [0.3, 0.4) is 0 Å². The van der Waals surface area contributed by atoms with E-state index in [0.717, 1.165) is 6.04 Å². The van der Waals surface area contributed by atoms with E-state index in [1.165, 1.54) is 19.5 Å². The molecule has 2 rings (SSSR count). The second-order valence-electron chi connectivity index (χ2n) is 7.42. The van der Waals surface area contributed by atoms with E-state index in [9.17, 15) is 4.79 Å². The number of allylic oxidation sites excluding steroid dienone is 1. The van der Waals surface area contributed by atoms with Crippen LogP contribution in [0.15, 0.2) is 18.6 Å². The third-order valence-electron chi connectivity index (χ3n) is 3.66. The van der Waals surface area contributed by atoms with Crippen molar-refractivity contribution in [2.75, 3.05) is 27.8 Å². The number of fused-ring (bicyclic) bond motifs is 1. The number of carbonyl (C=O) groups is 1. The first-order valence-corrected chi connectivity index (χ1v) is 12.2. The molecule has 0 aliphatic carbocycles. The van der Waals surface area contributed by atoms with Gasteiger partial charge in [0, 0.05) is 41.1 Å². The van der Waals surface area contributed by atoms with E-state index >= 15 is 0 Å². The Labute approximate surface area is 154 Å². The van der Waals surface area contributed by atoms with E-state index in [0.29, 0.717) is 23.5 Å². The summed E-state index contributed by atoms with van der Waals surface area (Å²) in [6.07, 6.45) is 4.53. The van der Waals surface area contributed by atoms with Gasteiger partial charge in [0.2, 0.25) is 11.7 Å². The lowest BCUT2D eigenvalue weighted by atomic mass is 10.2. The van der Waals surface area contributed by atoms with Gasteiger partial charge in [-0.25, -0.2) is 14.6 Å². The highest BCUT2D eigenvalue weighted by atomic mass is 28.3. The molecule has 0 radical (unpaired) electrons. The minimum atomic E-state index is -1.17. The van der Waals surface area contributed by atoms with Gasteiger partial charge >= 0.3 is 0 Å². The smallest absolute Gasteiger partial charge is 0.228 e. The predicted molar refractivity (Wildman–Crippen MR) is 103 cm³/mol. The number of aromatic nitrogens is 4. The van der Waals surface area contributed by atoms with Crippen molar-refractivity contribution in [3.63, 3.8) is 0 Å². The van der Waals surface area contributed by atoms with Gasteiger partial charge in [-0.1, -0.05) is 19.6 Å². The first-order chi connectivity index (χ1) is 12.2. The van der Waals surface area contributed by atoms with Crippen molar-refractivity contribution in [3.8, 4) is 5.88 Å².